The maximum Gasteiger partial charge on any atom is -0.0182 e. The molecule has 4 fully saturated rings. The Labute approximate surface area is 100 Å². The molecule has 4 rings (SSSR count). The predicted molar refractivity (Wildman–Crippen MR) is 67.1 cm³/mol. The van der Waals surface area contributed by atoms with E-state index in [9.17, 15) is 0 Å². The molecule has 0 aromatic rings. The first kappa shape index (κ1) is 9.97. The van der Waals surface area contributed by atoms with Gasteiger partial charge in [-0.3, -0.25) is 0 Å². The second-order valence-electron chi connectivity index (χ2n) is 7.82. The molecule has 0 aromatic carbocycles. The molecular formula is C16H26. The zero-order valence-electron chi connectivity index (χ0n) is 11.0. The van der Waals surface area contributed by atoms with Crippen LogP contribution in [-0.2, 0) is 0 Å². The maximum atomic E-state index is 2.63. The van der Waals surface area contributed by atoms with Crippen LogP contribution >= 0.6 is 0 Å². The summed E-state index contributed by atoms with van der Waals surface area (Å²) in [6, 6.07) is 0. The number of hydrogen-bond acceptors (Lipinski definition) is 0. The number of fused-ring (bicyclic) bond motifs is 5. The van der Waals surface area contributed by atoms with Crippen molar-refractivity contribution in [2.45, 2.75) is 65.2 Å². The van der Waals surface area contributed by atoms with Gasteiger partial charge in [-0.1, -0.05) is 33.1 Å². The first-order valence-electron chi connectivity index (χ1n) is 7.66. The molecule has 5 atom stereocenters. The largest absolute Gasteiger partial charge is 0.0591 e. The van der Waals surface area contributed by atoms with Crippen LogP contribution in [0, 0.1) is 34.5 Å². The highest BCUT2D eigenvalue weighted by Crippen LogP contribution is 2.78. The van der Waals surface area contributed by atoms with Crippen molar-refractivity contribution in [2.24, 2.45) is 34.5 Å². The van der Waals surface area contributed by atoms with Gasteiger partial charge in [0, 0.05) is 0 Å². The zero-order chi connectivity index (χ0) is 11.0. The Hall–Kier alpha value is 0. The van der Waals surface area contributed by atoms with Gasteiger partial charge in [0.1, 0.15) is 0 Å². The molecule has 0 heterocycles. The molecule has 0 radical (unpaired) electrons. The van der Waals surface area contributed by atoms with Gasteiger partial charge < -0.3 is 0 Å². The molecule has 4 aliphatic rings. The van der Waals surface area contributed by atoms with E-state index in [-0.39, 0.29) is 0 Å². The summed E-state index contributed by atoms with van der Waals surface area (Å²) in [4.78, 5) is 0. The summed E-state index contributed by atoms with van der Waals surface area (Å²) in [5.74, 6) is 4.51. The third-order valence-electron chi connectivity index (χ3n) is 7.55. The fourth-order valence-corrected chi connectivity index (χ4v) is 6.78. The molecule has 1 spiro atoms. The Kier molecular flexibility index (Phi) is 1.79. The summed E-state index contributed by atoms with van der Waals surface area (Å²) in [7, 11) is 0. The van der Waals surface area contributed by atoms with Crippen molar-refractivity contribution in [1.82, 2.24) is 0 Å². The van der Waals surface area contributed by atoms with Crippen LogP contribution in [0.25, 0.3) is 0 Å². The van der Waals surface area contributed by atoms with Crippen molar-refractivity contribution in [2.75, 3.05) is 0 Å². The van der Waals surface area contributed by atoms with E-state index in [1.807, 2.05) is 0 Å². The van der Waals surface area contributed by atoms with Crippen LogP contribution in [0.15, 0.2) is 0 Å². The predicted octanol–water partition coefficient (Wildman–Crippen LogP) is 4.64. The number of rotatable bonds is 0. The molecule has 0 aliphatic heterocycles. The van der Waals surface area contributed by atoms with Gasteiger partial charge in [0.2, 0.25) is 0 Å². The zero-order valence-corrected chi connectivity index (χ0v) is 11.0. The Morgan fingerprint density at radius 3 is 2.31 bits per heavy atom. The summed E-state index contributed by atoms with van der Waals surface area (Å²) in [5, 5.41) is 0. The van der Waals surface area contributed by atoms with Crippen LogP contribution in [0.4, 0.5) is 0 Å². The van der Waals surface area contributed by atoms with Crippen molar-refractivity contribution < 1.29 is 0 Å². The lowest BCUT2D eigenvalue weighted by atomic mass is 9.38. The van der Waals surface area contributed by atoms with Gasteiger partial charge in [-0.05, 0) is 66.6 Å². The highest BCUT2D eigenvalue weighted by atomic mass is 14.7. The van der Waals surface area contributed by atoms with Crippen molar-refractivity contribution in [3.8, 4) is 0 Å². The van der Waals surface area contributed by atoms with Crippen LogP contribution in [0.3, 0.4) is 0 Å². The average Bonchev–Trinajstić information content (AvgIpc) is 2.76. The minimum atomic E-state index is 0.689. The van der Waals surface area contributed by atoms with E-state index < -0.39 is 0 Å². The summed E-state index contributed by atoms with van der Waals surface area (Å²) >= 11 is 0. The van der Waals surface area contributed by atoms with E-state index in [2.05, 4.69) is 13.8 Å². The van der Waals surface area contributed by atoms with E-state index in [0.29, 0.717) is 5.41 Å². The van der Waals surface area contributed by atoms with Crippen molar-refractivity contribution >= 4 is 0 Å². The molecule has 0 saturated heterocycles. The van der Waals surface area contributed by atoms with E-state index >= 15 is 0 Å². The topological polar surface area (TPSA) is 0 Å². The third-order valence-corrected chi connectivity index (χ3v) is 7.55. The summed E-state index contributed by atoms with van der Waals surface area (Å²) in [5.41, 5.74) is 1.51. The lowest BCUT2D eigenvalue weighted by molar-refractivity contribution is -0.179. The highest BCUT2D eigenvalue weighted by Gasteiger charge is 2.70. The lowest BCUT2D eigenvalue weighted by Gasteiger charge is -2.66. The first-order valence-corrected chi connectivity index (χ1v) is 7.66. The fourth-order valence-electron chi connectivity index (χ4n) is 6.78. The summed E-state index contributed by atoms with van der Waals surface area (Å²) < 4.78 is 0. The van der Waals surface area contributed by atoms with Gasteiger partial charge in [-0.25, -0.2) is 0 Å². The Morgan fingerprint density at radius 1 is 0.875 bits per heavy atom. The molecule has 0 nitrogen and oxygen atoms in total. The molecule has 2 bridgehead atoms. The monoisotopic (exact) mass is 218 g/mol. The van der Waals surface area contributed by atoms with Crippen molar-refractivity contribution in [3.05, 3.63) is 0 Å². The molecule has 4 aliphatic carbocycles. The molecule has 90 valence electrons. The summed E-state index contributed by atoms with van der Waals surface area (Å²) in [6.45, 7) is 5.25. The smallest absolute Gasteiger partial charge is 0.0182 e. The first-order chi connectivity index (χ1) is 7.66. The lowest BCUT2D eigenvalue weighted by Crippen LogP contribution is -2.59. The van der Waals surface area contributed by atoms with E-state index in [4.69, 9.17) is 0 Å². The van der Waals surface area contributed by atoms with Crippen LogP contribution in [0.5, 0.6) is 0 Å². The Bertz CT molecular complexity index is 316. The van der Waals surface area contributed by atoms with Gasteiger partial charge >= 0.3 is 0 Å². The standard InChI is InChI=1S/C16H26/c1-15(2)12-7-8-13(9-12)16(15)10-11-5-3-4-6-14(11)16/h11-14H,3-10H2,1-2H3. The van der Waals surface area contributed by atoms with E-state index in [0.717, 1.165) is 29.1 Å². The van der Waals surface area contributed by atoms with Crippen LogP contribution < -0.4 is 0 Å². The van der Waals surface area contributed by atoms with Crippen molar-refractivity contribution in [3.63, 3.8) is 0 Å². The molecule has 4 saturated carbocycles. The molecule has 5 unspecified atom stereocenters. The van der Waals surface area contributed by atoms with E-state index in [1.54, 1.807) is 38.5 Å². The minimum Gasteiger partial charge on any atom is -0.0591 e. The second kappa shape index (κ2) is 2.87. The van der Waals surface area contributed by atoms with E-state index in [1.165, 1.54) is 12.8 Å². The molecule has 0 amide bonds. The summed E-state index contributed by atoms with van der Waals surface area (Å²) in [6.07, 6.45) is 12.6. The van der Waals surface area contributed by atoms with Gasteiger partial charge in [-0.15, -0.1) is 0 Å². The number of hydrogen-bond donors (Lipinski definition) is 0. The second-order valence-corrected chi connectivity index (χ2v) is 7.82. The molecule has 16 heavy (non-hydrogen) atoms. The normalized spacial score (nSPS) is 57.4. The van der Waals surface area contributed by atoms with Crippen molar-refractivity contribution in [1.29, 1.82) is 0 Å². The highest BCUT2D eigenvalue weighted by molar-refractivity contribution is 5.19. The Balaban J connectivity index is 1.71. The van der Waals surface area contributed by atoms with Gasteiger partial charge in [0.25, 0.3) is 0 Å². The SMILES string of the molecule is CC1(C)C2CCC(C2)C12CC1CCCCC12. The molecule has 0 N–H and O–H groups in total. The van der Waals surface area contributed by atoms with Gasteiger partial charge in [0.15, 0.2) is 0 Å². The quantitative estimate of drug-likeness (QED) is 0.555. The van der Waals surface area contributed by atoms with Crippen LogP contribution in [0.2, 0.25) is 0 Å². The Morgan fingerprint density at radius 2 is 1.62 bits per heavy atom. The molecule has 0 heteroatoms. The maximum absolute atomic E-state index is 2.63. The van der Waals surface area contributed by atoms with Gasteiger partial charge in [-0.2, -0.15) is 0 Å². The fraction of sp³-hybridized carbons (Fsp3) is 1.00. The third kappa shape index (κ3) is 0.875. The van der Waals surface area contributed by atoms with Gasteiger partial charge in [0.05, 0.1) is 0 Å². The van der Waals surface area contributed by atoms with Crippen LogP contribution in [-0.4, -0.2) is 0 Å². The average molecular weight is 218 g/mol. The molecular weight excluding hydrogens is 192 g/mol. The molecule has 0 aromatic heterocycles. The minimum absolute atomic E-state index is 0.689. The van der Waals surface area contributed by atoms with Crippen LogP contribution in [0.1, 0.15) is 65.2 Å².